The maximum Gasteiger partial charge on any atom is 0.147 e. The third kappa shape index (κ3) is 4.48. The van der Waals surface area contributed by atoms with Gasteiger partial charge in [-0.1, -0.05) is 23.8 Å². The topological polar surface area (TPSA) is 46.2 Å². The van der Waals surface area contributed by atoms with E-state index in [9.17, 15) is 8.42 Å². The van der Waals surface area contributed by atoms with Gasteiger partial charge in [-0.15, -0.1) is 0 Å². The fraction of sp³-hybridized carbons (Fsp3) is 0.538. The van der Waals surface area contributed by atoms with Crippen molar-refractivity contribution < 1.29 is 8.42 Å². The maximum absolute atomic E-state index is 11.2. The van der Waals surface area contributed by atoms with E-state index >= 15 is 0 Å². The van der Waals surface area contributed by atoms with E-state index in [-0.39, 0.29) is 11.8 Å². The first-order valence-electron chi connectivity index (χ1n) is 5.75. The molecule has 0 spiro atoms. The van der Waals surface area contributed by atoms with Crippen LogP contribution >= 0.6 is 0 Å². The highest BCUT2D eigenvalue weighted by atomic mass is 32.2. The summed E-state index contributed by atoms with van der Waals surface area (Å²) in [5.74, 6) is 0.214. The average molecular weight is 255 g/mol. The number of aryl methyl sites for hydroxylation is 2. The third-order valence-corrected chi connectivity index (χ3v) is 3.91. The van der Waals surface area contributed by atoms with Crippen LogP contribution < -0.4 is 5.32 Å². The van der Waals surface area contributed by atoms with Crippen molar-refractivity contribution in [3.8, 4) is 0 Å². The summed E-state index contributed by atoms with van der Waals surface area (Å²) < 4.78 is 22.4. The van der Waals surface area contributed by atoms with E-state index in [0.717, 1.165) is 0 Å². The number of rotatable bonds is 5. The first-order chi connectivity index (χ1) is 7.83. The van der Waals surface area contributed by atoms with E-state index in [1.165, 1.54) is 22.9 Å². The first kappa shape index (κ1) is 14.2. The Labute approximate surface area is 104 Å². The van der Waals surface area contributed by atoms with Gasteiger partial charge in [0.2, 0.25) is 0 Å². The van der Waals surface area contributed by atoms with Gasteiger partial charge in [-0.25, -0.2) is 8.42 Å². The predicted molar refractivity (Wildman–Crippen MR) is 72.0 cm³/mol. The van der Waals surface area contributed by atoms with Crippen LogP contribution in [-0.4, -0.2) is 27.5 Å². The fourth-order valence-electron chi connectivity index (χ4n) is 1.92. The lowest BCUT2D eigenvalue weighted by Gasteiger charge is -2.19. The molecule has 1 aromatic rings. The van der Waals surface area contributed by atoms with Crippen LogP contribution in [0.15, 0.2) is 18.2 Å². The highest BCUT2D eigenvalue weighted by Crippen LogP contribution is 2.22. The molecule has 1 N–H and O–H groups in total. The second-order valence-corrected chi connectivity index (χ2v) is 6.88. The van der Waals surface area contributed by atoms with Crippen LogP contribution in [0.3, 0.4) is 0 Å². The van der Waals surface area contributed by atoms with E-state index in [4.69, 9.17) is 0 Å². The molecule has 0 fully saturated rings. The predicted octanol–water partition coefficient (Wildman–Crippen LogP) is 2.00. The Balaban J connectivity index is 2.90. The number of sulfone groups is 1. The van der Waals surface area contributed by atoms with Crippen LogP contribution in [0.5, 0.6) is 0 Å². The molecule has 0 aromatic heterocycles. The van der Waals surface area contributed by atoms with Gasteiger partial charge in [-0.2, -0.15) is 0 Å². The van der Waals surface area contributed by atoms with Gasteiger partial charge >= 0.3 is 0 Å². The summed E-state index contributed by atoms with van der Waals surface area (Å²) in [4.78, 5) is 0. The standard InChI is InChI=1S/C13H21NO2S/c1-10-5-6-11(2)12(9-10)13(14-3)7-8-17(4,15)16/h5-6,9,13-14H,7-8H2,1-4H3. The van der Waals surface area contributed by atoms with Crippen molar-refractivity contribution in [1.29, 1.82) is 0 Å². The van der Waals surface area contributed by atoms with Gasteiger partial charge in [0, 0.05) is 12.3 Å². The molecule has 0 saturated carbocycles. The number of hydrogen-bond acceptors (Lipinski definition) is 3. The van der Waals surface area contributed by atoms with E-state index in [1.54, 1.807) is 0 Å². The van der Waals surface area contributed by atoms with Gasteiger partial charge in [-0.05, 0) is 38.4 Å². The van der Waals surface area contributed by atoms with Crippen molar-refractivity contribution in [3.63, 3.8) is 0 Å². The minimum Gasteiger partial charge on any atom is -0.313 e. The molecule has 17 heavy (non-hydrogen) atoms. The fourth-order valence-corrected chi connectivity index (χ4v) is 2.59. The molecule has 0 aliphatic heterocycles. The Kier molecular flexibility index (Phi) is 4.71. The second-order valence-electron chi connectivity index (χ2n) is 4.62. The Morgan fingerprint density at radius 3 is 2.47 bits per heavy atom. The molecule has 0 heterocycles. The molecule has 0 saturated heterocycles. The molecule has 0 amide bonds. The van der Waals surface area contributed by atoms with E-state index in [2.05, 4.69) is 30.4 Å². The molecule has 1 unspecified atom stereocenters. The molecular formula is C13H21NO2S. The SMILES string of the molecule is CNC(CCS(C)(=O)=O)c1cc(C)ccc1C. The zero-order valence-corrected chi connectivity index (χ0v) is 11.8. The van der Waals surface area contributed by atoms with Crippen LogP contribution in [0.25, 0.3) is 0 Å². The van der Waals surface area contributed by atoms with Gasteiger partial charge < -0.3 is 5.32 Å². The lowest BCUT2D eigenvalue weighted by Crippen LogP contribution is -2.20. The highest BCUT2D eigenvalue weighted by molar-refractivity contribution is 7.90. The van der Waals surface area contributed by atoms with E-state index in [0.29, 0.717) is 6.42 Å². The third-order valence-electron chi connectivity index (χ3n) is 2.94. The van der Waals surface area contributed by atoms with E-state index in [1.807, 2.05) is 14.0 Å². The van der Waals surface area contributed by atoms with Crippen LogP contribution in [0.1, 0.15) is 29.2 Å². The summed E-state index contributed by atoms with van der Waals surface area (Å²) in [5.41, 5.74) is 3.59. The summed E-state index contributed by atoms with van der Waals surface area (Å²) in [6, 6.07) is 6.38. The minimum absolute atomic E-state index is 0.102. The molecule has 1 aromatic carbocycles. The van der Waals surface area contributed by atoms with Crippen LogP contribution in [0, 0.1) is 13.8 Å². The van der Waals surface area contributed by atoms with Crippen molar-refractivity contribution in [3.05, 3.63) is 34.9 Å². The van der Waals surface area contributed by atoms with Gasteiger partial charge in [0.1, 0.15) is 9.84 Å². The zero-order chi connectivity index (χ0) is 13.1. The molecule has 0 bridgehead atoms. The van der Waals surface area contributed by atoms with Crippen molar-refractivity contribution >= 4 is 9.84 Å². The van der Waals surface area contributed by atoms with E-state index < -0.39 is 9.84 Å². The molecule has 0 aliphatic rings. The maximum atomic E-state index is 11.2. The van der Waals surface area contributed by atoms with Gasteiger partial charge in [0.15, 0.2) is 0 Å². The Hall–Kier alpha value is -0.870. The molecule has 3 nitrogen and oxygen atoms in total. The molecule has 1 atom stereocenters. The Bertz CT molecular complexity index is 480. The monoisotopic (exact) mass is 255 g/mol. The Morgan fingerprint density at radius 1 is 1.29 bits per heavy atom. The van der Waals surface area contributed by atoms with Gasteiger partial charge in [0.05, 0.1) is 5.75 Å². The summed E-state index contributed by atoms with van der Waals surface area (Å²) in [6.07, 6.45) is 1.89. The van der Waals surface area contributed by atoms with Crippen LogP contribution in [0.4, 0.5) is 0 Å². The van der Waals surface area contributed by atoms with Crippen molar-refractivity contribution in [2.45, 2.75) is 26.3 Å². The molecule has 1 rings (SSSR count). The number of nitrogens with one attached hydrogen (secondary N) is 1. The molecule has 96 valence electrons. The normalized spacial score (nSPS) is 13.6. The van der Waals surface area contributed by atoms with Crippen molar-refractivity contribution in [2.24, 2.45) is 0 Å². The van der Waals surface area contributed by atoms with Crippen LogP contribution in [-0.2, 0) is 9.84 Å². The Morgan fingerprint density at radius 2 is 1.94 bits per heavy atom. The van der Waals surface area contributed by atoms with Gasteiger partial charge in [-0.3, -0.25) is 0 Å². The lowest BCUT2D eigenvalue weighted by molar-refractivity contribution is 0.557. The summed E-state index contributed by atoms with van der Waals surface area (Å²) in [7, 11) is -1.03. The molecule has 0 aliphatic carbocycles. The quantitative estimate of drug-likeness (QED) is 0.875. The lowest BCUT2D eigenvalue weighted by atomic mass is 9.97. The average Bonchev–Trinajstić information content (AvgIpc) is 2.22. The summed E-state index contributed by atoms with van der Waals surface area (Å²) in [6.45, 7) is 4.10. The highest BCUT2D eigenvalue weighted by Gasteiger charge is 2.14. The molecule has 0 radical (unpaired) electrons. The first-order valence-corrected chi connectivity index (χ1v) is 7.81. The van der Waals surface area contributed by atoms with Crippen molar-refractivity contribution in [2.75, 3.05) is 19.1 Å². The van der Waals surface area contributed by atoms with Crippen molar-refractivity contribution in [1.82, 2.24) is 5.32 Å². The number of hydrogen-bond donors (Lipinski definition) is 1. The molecular weight excluding hydrogens is 234 g/mol. The summed E-state index contributed by atoms with van der Waals surface area (Å²) >= 11 is 0. The summed E-state index contributed by atoms with van der Waals surface area (Å²) in [5, 5.41) is 3.19. The van der Waals surface area contributed by atoms with Gasteiger partial charge in [0.25, 0.3) is 0 Å². The minimum atomic E-state index is -2.90. The largest absolute Gasteiger partial charge is 0.313 e. The smallest absolute Gasteiger partial charge is 0.147 e. The second kappa shape index (κ2) is 5.65. The van der Waals surface area contributed by atoms with Crippen LogP contribution in [0.2, 0.25) is 0 Å². The molecule has 4 heteroatoms. The zero-order valence-electron chi connectivity index (χ0n) is 10.9. The number of benzene rings is 1.